The lowest BCUT2D eigenvalue weighted by molar-refractivity contribution is 0.412. The van der Waals surface area contributed by atoms with E-state index in [1.54, 1.807) is 7.11 Å². The van der Waals surface area contributed by atoms with Crippen molar-refractivity contribution in [3.63, 3.8) is 0 Å². The molecule has 0 aliphatic rings. The minimum atomic E-state index is 0.798. The van der Waals surface area contributed by atoms with Crippen molar-refractivity contribution in [2.45, 2.75) is 6.92 Å². The van der Waals surface area contributed by atoms with Gasteiger partial charge in [-0.3, -0.25) is 0 Å². The Kier molecular flexibility index (Phi) is 2.82. The number of hydrogen-bond acceptors (Lipinski definition) is 2. The van der Waals surface area contributed by atoms with Crippen molar-refractivity contribution in [1.82, 2.24) is 0 Å². The van der Waals surface area contributed by atoms with E-state index in [9.17, 15) is 0 Å². The fourth-order valence-corrected chi connectivity index (χ4v) is 1.81. The highest BCUT2D eigenvalue weighted by molar-refractivity contribution is 5.76. The number of anilines is 1. The average Bonchev–Trinajstić information content (AvgIpc) is 2.29. The van der Waals surface area contributed by atoms with Gasteiger partial charge in [0.25, 0.3) is 0 Å². The van der Waals surface area contributed by atoms with E-state index in [2.05, 4.69) is 6.07 Å². The van der Waals surface area contributed by atoms with Crippen LogP contribution in [0.25, 0.3) is 11.1 Å². The minimum Gasteiger partial charge on any atom is -0.496 e. The van der Waals surface area contributed by atoms with E-state index in [1.165, 1.54) is 0 Å². The van der Waals surface area contributed by atoms with E-state index in [1.807, 2.05) is 43.3 Å². The molecule has 2 heteroatoms. The van der Waals surface area contributed by atoms with Crippen LogP contribution in [0.4, 0.5) is 5.69 Å². The van der Waals surface area contributed by atoms with E-state index >= 15 is 0 Å². The first-order valence-electron chi connectivity index (χ1n) is 5.22. The summed E-state index contributed by atoms with van der Waals surface area (Å²) in [5.41, 5.74) is 10.0. The van der Waals surface area contributed by atoms with Crippen LogP contribution >= 0.6 is 0 Å². The zero-order chi connectivity index (χ0) is 11.5. The van der Waals surface area contributed by atoms with Gasteiger partial charge in [-0.05, 0) is 36.2 Å². The van der Waals surface area contributed by atoms with Gasteiger partial charge in [-0.15, -0.1) is 0 Å². The maximum atomic E-state index is 5.94. The smallest absolute Gasteiger partial charge is 0.121 e. The average molecular weight is 213 g/mol. The molecule has 2 aromatic rings. The van der Waals surface area contributed by atoms with Gasteiger partial charge in [0.05, 0.1) is 7.11 Å². The van der Waals surface area contributed by atoms with Crippen LogP contribution in [0.5, 0.6) is 5.75 Å². The molecule has 0 spiro atoms. The molecular formula is C14H15NO. The second-order valence-electron chi connectivity index (χ2n) is 3.77. The molecule has 0 unspecified atom stereocenters. The van der Waals surface area contributed by atoms with Crippen LogP contribution in [0.3, 0.4) is 0 Å². The predicted octanol–water partition coefficient (Wildman–Crippen LogP) is 3.25. The second kappa shape index (κ2) is 4.27. The first kappa shape index (κ1) is 10.6. The van der Waals surface area contributed by atoms with E-state index in [4.69, 9.17) is 10.5 Å². The Morgan fingerprint density at radius 3 is 2.44 bits per heavy atom. The van der Waals surface area contributed by atoms with Crippen LogP contribution in [0.2, 0.25) is 0 Å². The van der Waals surface area contributed by atoms with Crippen LogP contribution < -0.4 is 10.5 Å². The monoisotopic (exact) mass is 213 g/mol. The third-order valence-corrected chi connectivity index (χ3v) is 2.67. The summed E-state index contributed by atoms with van der Waals surface area (Å²) in [6, 6.07) is 13.9. The Hall–Kier alpha value is -1.96. The zero-order valence-corrected chi connectivity index (χ0v) is 9.53. The number of para-hydroxylation sites is 1. The Morgan fingerprint density at radius 1 is 1.06 bits per heavy atom. The van der Waals surface area contributed by atoms with Crippen LogP contribution in [0.1, 0.15) is 5.56 Å². The van der Waals surface area contributed by atoms with Crippen molar-refractivity contribution in [2.24, 2.45) is 0 Å². The van der Waals surface area contributed by atoms with Crippen LogP contribution in [0, 0.1) is 6.92 Å². The first-order chi connectivity index (χ1) is 7.72. The highest BCUT2D eigenvalue weighted by atomic mass is 16.5. The molecule has 2 nitrogen and oxygen atoms in total. The molecule has 2 aromatic carbocycles. The highest BCUT2D eigenvalue weighted by Gasteiger charge is 2.04. The van der Waals surface area contributed by atoms with Gasteiger partial charge < -0.3 is 10.5 Å². The van der Waals surface area contributed by atoms with Crippen LogP contribution in [-0.2, 0) is 0 Å². The number of nitrogen functional groups attached to an aromatic ring is 1. The van der Waals surface area contributed by atoms with Crippen molar-refractivity contribution in [3.8, 4) is 16.9 Å². The number of nitrogens with two attached hydrogens (primary N) is 1. The van der Waals surface area contributed by atoms with Gasteiger partial charge in [-0.2, -0.15) is 0 Å². The third-order valence-electron chi connectivity index (χ3n) is 2.67. The molecule has 0 amide bonds. The molecular weight excluding hydrogens is 198 g/mol. The largest absolute Gasteiger partial charge is 0.496 e. The number of rotatable bonds is 2. The van der Waals surface area contributed by atoms with Crippen molar-refractivity contribution < 1.29 is 4.74 Å². The van der Waals surface area contributed by atoms with Crippen LogP contribution in [0.15, 0.2) is 42.5 Å². The topological polar surface area (TPSA) is 35.2 Å². The molecule has 0 atom stereocenters. The Balaban J connectivity index is 2.50. The fraction of sp³-hybridized carbons (Fsp3) is 0.143. The molecule has 82 valence electrons. The normalized spacial score (nSPS) is 10.1. The lowest BCUT2D eigenvalue weighted by atomic mass is 10.0. The maximum absolute atomic E-state index is 5.94. The van der Waals surface area contributed by atoms with Crippen molar-refractivity contribution in [2.75, 3.05) is 12.8 Å². The van der Waals surface area contributed by atoms with E-state index < -0.39 is 0 Å². The van der Waals surface area contributed by atoms with Gasteiger partial charge in [-0.1, -0.05) is 24.3 Å². The molecule has 0 fully saturated rings. The van der Waals surface area contributed by atoms with E-state index in [0.717, 1.165) is 28.1 Å². The summed E-state index contributed by atoms with van der Waals surface area (Å²) in [6.07, 6.45) is 0. The molecule has 0 aliphatic carbocycles. The SMILES string of the molecule is COc1ccc(-c2ccccc2N)cc1C. The van der Waals surface area contributed by atoms with Gasteiger partial charge in [-0.25, -0.2) is 0 Å². The number of ether oxygens (including phenoxy) is 1. The predicted molar refractivity (Wildman–Crippen MR) is 67.6 cm³/mol. The zero-order valence-electron chi connectivity index (χ0n) is 9.53. The molecule has 0 aromatic heterocycles. The number of methoxy groups -OCH3 is 1. The summed E-state index contributed by atoms with van der Waals surface area (Å²) in [4.78, 5) is 0. The highest BCUT2D eigenvalue weighted by Crippen LogP contribution is 2.29. The summed E-state index contributed by atoms with van der Waals surface area (Å²) in [5.74, 6) is 0.901. The third kappa shape index (κ3) is 1.87. The molecule has 0 saturated heterocycles. The molecule has 0 aliphatic heterocycles. The summed E-state index contributed by atoms with van der Waals surface area (Å²) < 4.78 is 5.23. The van der Waals surface area contributed by atoms with Gasteiger partial charge in [0.15, 0.2) is 0 Å². The lowest BCUT2D eigenvalue weighted by Crippen LogP contribution is -1.91. The Bertz CT molecular complexity index is 506. The fourth-order valence-electron chi connectivity index (χ4n) is 1.81. The number of aryl methyl sites for hydroxylation is 1. The molecule has 2 rings (SSSR count). The second-order valence-corrected chi connectivity index (χ2v) is 3.77. The van der Waals surface area contributed by atoms with Crippen molar-refractivity contribution in [3.05, 3.63) is 48.0 Å². The molecule has 16 heavy (non-hydrogen) atoms. The molecule has 0 saturated carbocycles. The standard InChI is InChI=1S/C14H15NO/c1-10-9-11(7-8-14(10)16-2)12-5-3-4-6-13(12)15/h3-9H,15H2,1-2H3. The van der Waals surface area contributed by atoms with Gasteiger partial charge >= 0.3 is 0 Å². The molecule has 2 N–H and O–H groups in total. The summed E-state index contributed by atoms with van der Waals surface area (Å²) in [6.45, 7) is 2.03. The number of hydrogen-bond donors (Lipinski definition) is 1. The molecule has 0 radical (unpaired) electrons. The quantitative estimate of drug-likeness (QED) is 0.777. The first-order valence-corrected chi connectivity index (χ1v) is 5.22. The lowest BCUT2D eigenvalue weighted by Gasteiger charge is -2.09. The molecule has 0 bridgehead atoms. The number of benzene rings is 2. The maximum Gasteiger partial charge on any atom is 0.121 e. The Morgan fingerprint density at radius 2 is 1.81 bits per heavy atom. The van der Waals surface area contributed by atoms with Gasteiger partial charge in [0.2, 0.25) is 0 Å². The van der Waals surface area contributed by atoms with E-state index in [-0.39, 0.29) is 0 Å². The minimum absolute atomic E-state index is 0.798. The summed E-state index contributed by atoms with van der Waals surface area (Å²) in [5, 5.41) is 0. The van der Waals surface area contributed by atoms with Gasteiger partial charge in [0.1, 0.15) is 5.75 Å². The van der Waals surface area contributed by atoms with E-state index in [0.29, 0.717) is 0 Å². The summed E-state index contributed by atoms with van der Waals surface area (Å²) in [7, 11) is 1.68. The van der Waals surface area contributed by atoms with Crippen molar-refractivity contribution >= 4 is 5.69 Å². The van der Waals surface area contributed by atoms with Crippen molar-refractivity contribution in [1.29, 1.82) is 0 Å². The van der Waals surface area contributed by atoms with Crippen LogP contribution in [-0.4, -0.2) is 7.11 Å². The van der Waals surface area contributed by atoms with Gasteiger partial charge in [0, 0.05) is 11.3 Å². The molecule has 0 heterocycles. The summed E-state index contributed by atoms with van der Waals surface area (Å²) >= 11 is 0. The Labute approximate surface area is 95.7 Å².